The van der Waals surface area contributed by atoms with E-state index < -0.39 is 0 Å². The second-order valence-corrected chi connectivity index (χ2v) is 4.27. The van der Waals surface area contributed by atoms with E-state index in [0.717, 1.165) is 4.47 Å². The molecule has 1 aromatic heterocycles. The Bertz CT molecular complexity index is 282. The van der Waals surface area contributed by atoms with Crippen LogP contribution in [0.3, 0.4) is 0 Å². The summed E-state index contributed by atoms with van der Waals surface area (Å²) in [6.45, 7) is 2.36. The van der Waals surface area contributed by atoms with E-state index in [1.54, 1.807) is 0 Å². The van der Waals surface area contributed by atoms with Crippen LogP contribution < -0.4 is 9.88 Å². The molecule has 0 spiro atoms. The number of aromatic nitrogens is 1. The summed E-state index contributed by atoms with van der Waals surface area (Å²) in [6.07, 6.45) is 5.99. The van der Waals surface area contributed by atoms with Crippen molar-refractivity contribution in [3.8, 4) is 0 Å². The Hall–Kier alpha value is -0.570. The van der Waals surface area contributed by atoms with Gasteiger partial charge in [-0.1, -0.05) is 0 Å². The molecule has 0 radical (unpaired) electrons. The molecule has 0 aliphatic carbocycles. The Morgan fingerprint density at radius 3 is 2.69 bits per heavy atom. The van der Waals surface area contributed by atoms with Gasteiger partial charge in [0.05, 0.1) is 19.3 Å². The van der Waals surface area contributed by atoms with Crippen LogP contribution in [0.4, 0.5) is 5.82 Å². The first-order valence-electron chi connectivity index (χ1n) is 4.79. The highest BCUT2D eigenvalue weighted by Gasteiger charge is 2.20. The number of H-pyrrole nitrogens is 1. The van der Waals surface area contributed by atoms with Crippen molar-refractivity contribution in [1.82, 2.24) is 0 Å². The van der Waals surface area contributed by atoms with Crippen molar-refractivity contribution in [1.29, 1.82) is 0 Å². The molecule has 1 aliphatic rings. The van der Waals surface area contributed by atoms with Gasteiger partial charge in [-0.15, -0.1) is 0 Å². The Kier molecular flexibility index (Phi) is 2.83. The van der Waals surface area contributed by atoms with E-state index in [4.69, 9.17) is 0 Å². The Balaban J connectivity index is 2.18. The summed E-state index contributed by atoms with van der Waals surface area (Å²) < 4.78 is 1.16. The summed E-state index contributed by atoms with van der Waals surface area (Å²) in [5.41, 5.74) is 0. The minimum absolute atomic E-state index is 1.16. The second-order valence-electron chi connectivity index (χ2n) is 3.41. The summed E-state index contributed by atoms with van der Waals surface area (Å²) in [4.78, 5) is 5.70. The molecule has 2 heterocycles. The molecule has 0 saturated carbocycles. The Labute approximate surface area is 87.1 Å². The van der Waals surface area contributed by atoms with E-state index in [0.29, 0.717) is 0 Å². The zero-order valence-corrected chi connectivity index (χ0v) is 9.18. The lowest BCUT2D eigenvalue weighted by Crippen LogP contribution is -2.34. The lowest BCUT2D eigenvalue weighted by molar-refractivity contribution is -0.365. The summed E-state index contributed by atoms with van der Waals surface area (Å²) in [6, 6.07) is 4.10. The highest BCUT2D eigenvalue weighted by atomic mass is 79.9. The number of hydrogen-bond donors (Lipinski definition) is 0. The van der Waals surface area contributed by atoms with Crippen molar-refractivity contribution >= 4 is 21.7 Å². The molecule has 2 nitrogen and oxygen atoms in total. The highest BCUT2D eigenvalue weighted by molar-refractivity contribution is 9.10. The average Bonchev–Trinajstić information content (AvgIpc) is 2.20. The zero-order valence-electron chi connectivity index (χ0n) is 7.59. The van der Waals surface area contributed by atoms with E-state index in [1.807, 2.05) is 12.3 Å². The van der Waals surface area contributed by atoms with Crippen LogP contribution in [-0.2, 0) is 0 Å². The van der Waals surface area contributed by atoms with Crippen LogP contribution in [0.5, 0.6) is 0 Å². The molecule has 0 aromatic carbocycles. The van der Waals surface area contributed by atoms with Gasteiger partial charge in [0.2, 0.25) is 0 Å². The third kappa shape index (κ3) is 2.02. The predicted molar refractivity (Wildman–Crippen MR) is 56.8 cm³/mol. The fourth-order valence-electron chi connectivity index (χ4n) is 1.77. The Morgan fingerprint density at radius 2 is 2.00 bits per heavy atom. The number of rotatable bonds is 1. The Morgan fingerprint density at radius 1 is 1.23 bits per heavy atom. The number of pyridine rings is 1. The molecular formula is C10H14BrN2+. The molecule has 0 unspecified atom stereocenters. The fraction of sp³-hybridized carbons (Fsp3) is 0.500. The smallest absolute Gasteiger partial charge is 0.261 e. The van der Waals surface area contributed by atoms with Gasteiger partial charge < -0.3 is 0 Å². The van der Waals surface area contributed by atoms with Gasteiger partial charge in [0, 0.05) is 0 Å². The van der Waals surface area contributed by atoms with Crippen molar-refractivity contribution in [2.24, 2.45) is 0 Å². The highest BCUT2D eigenvalue weighted by Crippen LogP contribution is 2.23. The van der Waals surface area contributed by atoms with Crippen molar-refractivity contribution in [3.63, 3.8) is 0 Å². The third-order valence-corrected chi connectivity index (χ3v) is 3.10. The van der Waals surface area contributed by atoms with Crippen LogP contribution in [0, 0.1) is 0 Å². The molecule has 70 valence electrons. The van der Waals surface area contributed by atoms with Gasteiger partial charge in [-0.25, -0.2) is 4.98 Å². The zero-order chi connectivity index (χ0) is 9.10. The maximum absolute atomic E-state index is 3.56. The predicted octanol–water partition coefficient (Wildman–Crippen LogP) is 2.25. The maximum atomic E-state index is 3.56. The topological polar surface area (TPSA) is 17.4 Å². The fourth-order valence-corrected chi connectivity index (χ4v) is 2.29. The van der Waals surface area contributed by atoms with Crippen molar-refractivity contribution in [2.75, 3.05) is 18.0 Å². The maximum Gasteiger partial charge on any atom is 0.288 e. The standard InChI is InChI=1S/C10H13BrN2/c11-9-5-4-6-12-10(9)13-7-2-1-3-8-13/h4-6H,1-3,7-8H2/p+1. The summed E-state index contributed by atoms with van der Waals surface area (Å²) in [7, 11) is 0. The van der Waals surface area contributed by atoms with Crippen LogP contribution in [0.2, 0.25) is 0 Å². The number of nitrogens with zero attached hydrogens (tertiary/aromatic N) is 1. The molecule has 1 N–H and O–H groups in total. The van der Waals surface area contributed by atoms with E-state index in [-0.39, 0.29) is 0 Å². The molecule has 2 rings (SSSR count). The second kappa shape index (κ2) is 4.09. The number of nitrogens with one attached hydrogen (secondary N) is 1. The molecule has 1 fully saturated rings. The van der Waals surface area contributed by atoms with Crippen molar-refractivity contribution < 1.29 is 4.98 Å². The van der Waals surface area contributed by atoms with E-state index in [1.165, 1.54) is 38.2 Å². The summed E-state index contributed by atoms with van der Waals surface area (Å²) >= 11 is 3.56. The van der Waals surface area contributed by atoms with Gasteiger partial charge in [0.15, 0.2) is 0 Å². The van der Waals surface area contributed by atoms with E-state index in [2.05, 4.69) is 31.9 Å². The SMILES string of the molecule is Brc1ccc[nH+]c1N1CCCCC1. The first-order valence-corrected chi connectivity index (χ1v) is 5.58. The van der Waals surface area contributed by atoms with Gasteiger partial charge >= 0.3 is 0 Å². The molecule has 13 heavy (non-hydrogen) atoms. The van der Waals surface area contributed by atoms with E-state index in [9.17, 15) is 0 Å². The van der Waals surface area contributed by atoms with Crippen LogP contribution >= 0.6 is 15.9 Å². The van der Waals surface area contributed by atoms with Gasteiger partial charge in [-0.05, 0) is 47.3 Å². The third-order valence-electron chi connectivity index (χ3n) is 2.46. The van der Waals surface area contributed by atoms with Gasteiger partial charge in [-0.2, -0.15) is 0 Å². The molecule has 3 heteroatoms. The number of anilines is 1. The largest absolute Gasteiger partial charge is 0.288 e. The van der Waals surface area contributed by atoms with Crippen LogP contribution in [0.25, 0.3) is 0 Å². The minimum Gasteiger partial charge on any atom is -0.261 e. The summed E-state index contributed by atoms with van der Waals surface area (Å²) in [5.74, 6) is 1.22. The lowest BCUT2D eigenvalue weighted by Gasteiger charge is -2.21. The van der Waals surface area contributed by atoms with Crippen LogP contribution in [0.15, 0.2) is 22.8 Å². The number of piperidine rings is 1. The molecular weight excluding hydrogens is 228 g/mol. The summed E-state index contributed by atoms with van der Waals surface area (Å²) in [5, 5.41) is 0. The van der Waals surface area contributed by atoms with Crippen LogP contribution in [-0.4, -0.2) is 13.1 Å². The van der Waals surface area contributed by atoms with Crippen molar-refractivity contribution in [2.45, 2.75) is 19.3 Å². The van der Waals surface area contributed by atoms with Crippen molar-refractivity contribution in [3.05, 3.63) is 22.8 Å². The molecule has 1 aliphatic heterocycles. The molecule has 1 aromatic rings. The normalized spacial score (nSPS) is 17.5. The molecule has 0 atom stereocenters. The van der Waals surface area contributed by atoms with Gasteiger partial charge in [0.1, 0.15) is 4.47 Å². The first-order chi connectivity index (χ1) is 6.38. The molecule has 0 bridgehead atoms. The van der Waals surface area contributed by atoms with Crippen LogP contribution in [0.1, 0.15) is 19.3 Å². The minimum atomic E-state index is 1.16. The number of hydrogen-bond acceptors (Lipinski definition) is 1. The molecule has 0 amide bonds. The van der Waals surface area contributed by atoms with E-state index >= 15 is 0 Å². The molecule has 1 saturated heterocycles. The monoisotopic (exact) mass is 241 g/mol. The average molecular weight is 242 g/mol. The number of halogens is 1. The van der Waals surface area contributed by atoms with Gasteiger partial charge in [-0.3, -0.25) is 4.90 Å². The lowest BCUT2D eigenvalue weighted by atomic mass is 10.1. The first kappa shape index (κ1) is 9.00. The number of aromatic amines is 1. The quantitative estimate of drug-likeness (QED) is 0.738. The van der Waals surface area contributed by atoms with Gasteiger partial charge in [0.25, 0.3) is 5.82 Å².